The summed E-state index contributed by atoms with van der Waals surface area (Å²) in [7, 11) is 1.45. The molecule has 0 aliphatic heterocycles. The molecule has 0 radical (unpaired) electrons. The van der Waals surface area contributed by atoms with Crippen LogP contribution >= 0.6 is 0 Å². The molecule has 1 aromatic rings. The lowest BCUT2D eigenvalue weighted by molar-refractivity contribution is 0.411. The molecule has 0 spiro atoms. The lowest BCUT2D eigenvalue weighted by Gasteiger charge is -1.99. The molecule has 0 bridgehead atoms. The van der Waals surface area contributed by atoms with E-state index < -0.39 is 5.82 Å². The van der Waals surface area contributed by atoms with E-state index in [0.717, 1.165) is 0 Å². The highest BCUT2D eigenvalue weighted by Gasteiger charge is 2.00. The number of methoxy groups -OCH3 is 1. The van der Waals surface area contributed by atoms with Crippen LogP contribution in [0.15, 0.2) is 23.3 Å². The summed E-state index contributed by atoms with van der Waals surface area (Å²) in [6, 6.07) is 4.13. The molecule has 0 aromatic heterocycles. The van der Waals surface area contributed by atoms with E-state index in [1.807, 2.05) is 0 Å². The first-order chi connectivity index (χ1) is 5.27. The molecule has 4 heteroatoms. The minimum atomic E-state index is -0.542. The number of halogens is 1. The van der Waals surface area contributed by atoms with Crippen molar-refractivity contribution in [3.63, 3.8) is 0 Å². The maximum atomic E-state index is 12.7. The van der Waals surface area contributed by atoms with Crippen molar-refractivity contribution < 1.29 is 9.13 Å². The van der Waals surface area contributed by atoms with Crippen molar-refractivity contribution in [2.75, 3.05) is 7.11 Å². The van der Waals surface area contributed by atoms with Crippen LogP contribution in [0.3, 0.4) is 0 Å². The molecule has 0 unspecified atom stereocenters. The molecule has 0 aliphatic carbocycles. The lowest BCUT2D eigenvalue weighted by atomic mass is 10.3. The molecule has 11 heavy (non-hydrogen) atoms. The van der Waals surface area contributed by atoms with Crippen molar-refractivity contribution in [3.05, 3.63) is 24.0 Å². The van der Waals surface area contributed by atoms with E-state index in [1.54, 1.807) is 6.07 Å². The topological polar surface area (TPSA) is 45.4 Å². The van der Waals surface area contributed by atoms with Gasteiger partial charge in [-0.15, -0.1) is 0 Å². The standard InChI is InChI=1S/C7H7FN2O/c1-11-5-2-3-7(10-9)6(8)4-5/h2-4,9H,1H3. The van der Waals surface area contributed by atoms with Crippen molar-refractivity contribution in [1.29, 1.82) is 5.53 Å². The predicted octanol–water partition coefficient (Wildman–Crippen LogP) is 2.50. The second-order valence-electron chi connectivity index (χ2n) is 1.93. The highest BCUT2D eigenvalue weighted by atomic mass is 19.1. The predicted molar refractivity (Wildman–Crippen MR) is 37.8 cm³/mol. The summed E-state index contributed by atoms with van der Waals surface area (Å²) < 4.78 is 17.5. The van der Waals surface area contributed by atoms with E-state index >= 15 is 0 Å². The van der Waals surface area contributed by atoms with Gasteiger partial charge >= 0.3 is 0 Å². The number of ether oxygens (including phenoxy) is 1. The van der Waals surface area contributed by atoms with Crippen molar-refractivity contribution in [3.8, 4) is 5.75 Å². The molecule has 0 saturated carbocycles. The molecule has 0 fully saturated rings. The normalized spacial score (nSPS) is 9.27. The SMILES string of the molecule is COc1ccc(N=N)c(F)c1. The quantitative estimate of drug-likeness (QED) is 0.653. The molecule has 0 saturated heterocycles. The van der Waals surface area contributed by atoms with Crippen LogP contribution in [0.25, 0.3) is 0 Å². The van der Waals surface area contributed by atoms with Gasteiger partial charge in [-0.25, -0.2) is 9.92 Å². The Kier molecular flexibility index (Phi) is 2.15. The number of nitrogens with one attached hydrogen (secondary N) is 1. The third kappa shape index (κ3) is 1.52. The highest BCUT2D eigenvalue weighted by Crippen LogP contribution is 2.21. The molecular weight excluding hydrogens is 147 g/mol. The highest BCUT2D eigenvalue weighted by molar-refractivity contribution is 5.42. The zero-order valence-corrected chi connectivity index (χ0v) is 5.97. The lowest BCUT2D eigenvalue weighted by Crippen LogP contribution is -1.83. The second-order valence-corrected chi connectivity index (χ2v) is 1.93. The molecule has 0 amide bonds. The zero-order chi connectivity index (χ0) is 8.27. The third-order valence-electron chi connectivity index (χ3n) is 1.28. The van der Waals surface area contributed by atoms with Crippen LogP contribution in [0.5, 0.6) is 5.75 Å². The number of hydrogen-bond donors (Lipinski definition) is 1. The van der Waals surface area contributed by atoms with E-state index in [9.17, 15) is 4.39 Å². The van der Waals surface area contributed by atoms with Gasteiger partial charge in [0.2, 0.25) is 0 Å². The minimum Gasteiger partial charge on any atom is -0.497 e. The summed E-state index contributed by atoms with van der Waals surface area (Å²) in [5.41, 5.74) is 6.58. The van der Waals surface area contributed by atoms with Gasteiger partial charge in [0.15, 0.2) is 5.82 Å². The molecular formula is C7H7FN2O. The summed E-state index contributed by atoms with van der Waals surface area (Å²) >= 11 is 0. The first kappa shape index (κ1) is 7.65. The molecule has 3 nitrogen and oxygen atoms in total. The van der Waals surface area contributed by atoms with E-state index in [-0.39, 0.29) is 5.69 Å². The van der Waals surface area contributed by atoms with Gasteiger partial charge in [0.05, 0.1) is 7.11 Å². The molecule has 58 valence electrons. The van der Waals surface area contributed by atoms with Crippen molar-refractivity contribution in [2.24, 2.45) is 5.11 Å². The van der Waals surface area contributed by atoms with Gasteiger partial charge in [0, 0.05) is 6.07 Å². The monoisotopic (exact) mass is 154 g/mol. The maximum absolute atomic E-state index is 12.7. The first-order valence-corrected chi connectivity index (χ1v) is 2.99. The maximum Gasteiger partial charge on any atom is 0.154 e. The zero-order valence-electron chi connectivity index (χ0n) is 5.97. The average molecular weight is 154 g/mol. The van der Waals surface area contributed by atoms with Gasteiger partial charge in [-0.2, -0.15) is 5.11 Å². The fraction of sp³-hybridized carbons (Fsp3) is 0.143. The minimum absolute atomic E-state index is 0.0193. The summed E-state index contributed by atoms with van der Waals surface area (Å²) in [6.07, 6.45) is 0. The van der Waals surface area contributed by atoms with Gasteiger partial charge in [-0.05, 0) is 12.1 Å². The van der Waals surface area contributed by atoms with Crippen LogP contribution in [0.4, 0.5) is 10.1 Å². The largest absolute Gasteiger partial charge is 0.497 e. The van der Waals surface area contributed by atoms with Crippen molar-refractivity contribution >= 4 is 5.69 Å². The Hall–Kier alpha value is -1.45. The molecule has 1 aromatic carbocycles. The Morgan fingerprint density at radius 3 is 2.73 bits per heavy atom. The van der Waals surface area contributed by atoms with Gasteiger partial charge in [0.25, 0.3) is 0 Å². The van der Waals surface area contributed by atoms with Gasteiger partial charge < -0.3 is 4.74 Å². The molecule has 1 rings (SSSR count). The van der Waals surface area contributed by atoms with Gasteiger partial charge in [0.1, 0.15) is 11.4 Å². The number of nitrogens with zero attached hydrogens (tertiary/aromatic N) is 1. The van der Waals surface area contributed by atoms with Crippen LogP contribution in [0, 0.1) is 11.3 Å². The second kappa shape index (κ2) is 3.09. The Labute approximate surface area is 63.3 Å². The Bertz CT molecular complexity index is 275. The van der Waals surface area contributed by atoms with Crippen LogP contribution in [0.2, 0.25) is 0 Å². The number of rotatable bonds is 2. The fourth-order valence-electron chi connectivity index (χ4n) is 0.705. The summed E-state index contributed by atoms with van der Waals surface area (Å²) in [5.74, 6) is -0.116. The van der Waals surface area contributed by atoms with Crippen molar-refractivity contribution in [2.45, 2.75) is 0 Å². The van der Waals surface area contributed by atoms with Gasteiger partial charge in [-0.3, -0.25) is 0 Å². The number of benzene rings is 1. The Morgan fingerprint density at radius 1 is 1.55 bits per heavy atom. The smallest absolute Gasteiger partial charge is 0.154 e. The first-order valence-electron chi connectivity index (χ1n) is 2.99. The average Bonchev–Trinajstić information content (AvgIpc) is 2.04. The molecule has 1 N–H and O–H groups in total. The van der Waals surface area contributed by atoms with Crippen LogP contribution in [0.1, 0.15) is 0 Å². The Balaban J connectivity index is 3.09. The van der Waals surface area contributed by atoms with Gasteiger partial charge in [-0.1, -0.05) is 0 Å². The van der Waals surface area contributed by atoms with E-state index in [1.165, 1.54) is 19.2 Å². The van der Waals surface area contributed by atoms with Crippen LogP contribution in [-0.2, 0) is 0 Å². The van der Waals surface area contributed by atoms with Crippen LogP contribution < -0.4 is 4.74 Å². The van der Waals surface area contributed by atoms with Crippen LogP contribution in [-0.4, -0.2) is 7.11 Å². The number of hydrogen-bond acceptors (Lipinski definition) is 3. The summed E-state index contributed by atoms with van der Waals surface area (Å²) in [6.45, 7) is 0. The van der Waals surface area contributed by atoms with E-state index in [0.29, 0.717) is 5.75 Å². The molecule has 0 heterocycles. The molecule has 0 atom stereocenters. The van der Waals surface area contributed by atoms with E-state index in [4.69, 9.17) is 10.3 Å². The summed E-state index contributed by atoms with van der Waals surface area (Å²) in [4.78, 5) is 0. The van der Waals surface area contributed by atoms with E-state index in [2.05, 4.69) is 5.11 Å². The fourth-order valence-corrected chi connectivity index (χ4v) is 0.705. The molecule has 0 aliphatic rings. The Morgan fingerprint density at radius 2 is 2.27 bits per heavy atom. The summed E-state index contributed by atoms with van der Waals surface area (Å²) in [5, 5.41) is 2.96. The third-order valence-corrected chi connectivity index (χ3v) is 1.28. The van der Waals surface area contributed by atoms with Crippen molar-refractivity contribution in [1.82, 2.24) is 0 Å².